The molecule has 1 aliphatic rings. The van der Waals surface area contributed by atoms with Gasteiger partial charge in [0.15, 0.2) is 17.3 Å². The molecule has 0 N–H and O–H groups in total. The normalized spacial score (nSPS) is 13.8. The molecular weight excluding hydrogens is 368 g/mol. The first-order valence-electron chi connectivity index (χ1n) is 9.41. The Morgan fingerprint density at radius 2 is 1.93 bits per heavy atom. The number of rotatable bonds is 8. The van der Waals surface area contributed by atoms with Crippen LogP contribution in [0.15, 0.2) is 49.1 Å². The second-order valence-corrected chi connectivity index (χ2v) is 7.28. The Morgan fingerprint density at radius 3 is 2.62 bits per heavy atom. The van der Waals surface area contributed by atoms with Crippen LogP contribution in [0.25, 0.3) is 6.08 Å². The van der Waals surface area contributed by atoms with E-state index < -0.39 is 5.60 Å². The number of carbonyl (C=O) groups excluding carboxylic acids is 1. The highest BCUT2D eigenvalue weighted by Crippen LogP contribution is 2.39. The fraction of sp³-hybridized carbons (Fsp3) is 0.292. The van der Waals surface area contributed by atoms with E-state index in [1.54, 1.807) is 32.4 Å². The lowest BCUT2D eigenvalue weighted by atomic mass is 9.96. The molecule has 0 atom stereocenters. The summed E-state index contributed by atoms with van der Waals surface area (Å²) in [6, 6.07) is 9.05. The molecule has 1 heterocycles. The zero-order valence-corrected chi connectivity index (χ0v) is 17.3. The molecule has 5 heteroatoms. The molecule has 0 amide bonds. The third-order valence-electron chi connectivity index (χ3n) is 4.63. The van der Waals surface area contributed by atoms with Crippen molar-refractivity contribution >= 4 is 11.9 Å². The number of ketones is 1. The SMILES string of the molecule is C=CCOc1cc(CC(=O)c2ccc3c(c2OC)C=CC(C)(C)O3)ccc1OC. The molecule has 0 spiro atoms. The van der Waals surface area contributed by atoms with Crippen molar-refractivity contribution in [3.8, 4) is 23.0 Å². The summed E-state index contributed by atoms with van der Waals surface area (Å²) in [4.78, 5) is 13.1. The van der Waals surface area contributed by atoms with Crippen LogP contribution in [0.5, 0.6) is 23.0 Å². The van der Waals surface area contributed by atoms with Crippen molar-refractivity contribution in [2.24, 2.45) is 0 Å². The maximum absolute atomic E-state index is 13.1. The summed E-state index contributed by atoms with van der Waals surface area (Å²) in [5.74, 6) is 2.36. The number of ether oxygens (including phenoxy) is 4. The third-order valence-corrected chi connectivity index (χ3v) is 4.63. The van der Waals surface area contributed by atoms with Crippen LogP contribution in [0.1, 0.15) is 35.3 Å². The van der Waals surface area contributed by atoms with E-state index in [-0.39, 0.29) is 12.2 Å². The first-order valence-corrected chi connectivity index (χ1v) is 9.41. The minimum Gasteiger partial charge on any atom is -0.495 e. The Morgan fingerprint density at radius 1 is 1.14 bits per heavy atom. The lowest BCUT2D eigenvalue weighted by Gasteiger charge is -2.29. The summed E-state index contributed by atoms with van der Waals surface area (Å²) >= 11 is 0. The van der Waals surface area contributed by atoms with E-state index >= 15 is 0 Å². The molecule has 0 aromatic heterocycles. The second-order valence-electron chi connectivity index (χ2n) is 7.28. The molecule has 0 aliphatic carbocycles. The van der Waals surface area contributed by atoms with E-state index in [1.165, 1.54) is 0 Å². The Bertz CT molecular complexity index is 956. The van der Waals surface area contributed by atoms with Gasteiger partial charge in [0, 0.05) is 6.42 Å². The van der Waals surface area contributed by atoms with E-state index in [0.717, 1.165) is 11.1 Å². The highest BCUT2D eigenvalue weighted by atomic mass is 16.5. The average molecular weight is 394 g/mol. The minimum atomic E-state index is -0.394. The molecule has 2 aromatic rings. The molecule has 0 saturated carbocycles. The average Bonchev–Trinajstić information content (AvgIpc) is 2.70. The molecule has 0 fully saturated rings. The molecule has 152 valence electrons. The van der Waals surface area contributed by atoms with Crippen LogP contribution in [0.3, 0.4) is 0 Å². The van der Waals surface area contributed by atoms with Gasteiger partial charge in [-0.25, -0.2) is 0 Å². The number of carbonyl (C=O) groups is 1. The largest absolute Gasteiger partial charge is 0.495 e. The predicted molar refractivity (Wildman–Crippen MR) is 113 cm³/mol. The zero-order valence-electron chi connectivity index (χ0n) is 17.3. The van der Waals surface area contributed by atoms with Crippen LogP contribution >= 0.6 is 0 Å². The van der Waals surface area contributed by atoms with Crippen molar-refractivity contribution in [3.63, 3.8) is 0 Å². The molecule has 0 bridgehead atoms. The maximum Gasteiger partial charge on any atom is 0.170 e. The molecular formula is C24H26O5. The molecule has 29 heavy (non-hydrogen) atoms. The number of benzene rings is 2. The first-order chi connectivity index (χ1) is 13.9. The summed E-state index contributed by atoms with van der Waals surface area (Å²) in [6.45, 7) is 7.97. The fourth-order valence-corrected chi connectivity index (χ4v) is 3.24. The summed E-state index contributed by atoms with van der Waals surface area (Å²) in [7, 11) is 3.14. The Balaban J connectivity index is 1.89. The number of Topliss-reactive ketones (excluding diaryl/α,β-unsaturated/α-hetero) is 1. The van der Waals surface area contributed by atoms with Crippen LogP contribution in [0.2, 0.25) is 0 Å². The van der Waals surface area contributed by atoms with Crippen molar-refractivity contribution < 1.29 is 23.7 Å². The Hall–Kier alpha value is -3.21. The van der Waals surface area contributed by atoms with Crippen LogP contribution in [0, 0.1) is 0 Å². The van der Waals surface area contributed by atoms with Gasteiger partial charge in [-0.2, -0.15) is 0 Å². The number of fused-ring (bicyclic) bond motifs is 1. The number of hydrogen-bond acceptors (Lipinski definition) is 5. The van der Waals surface area contributed by atoms with Crippen LogP contribution in [0.4, 0.5) is 0 Å². The van der Waals surface area contributed by atoms with Gasteiger partial charge >= 0.3 is 0 Å². The van der Waals surface area contributed by atoms with Gasteiger partial charge in [-0.15, -0.1) is 0 Å². The van der Waals surface area contributed by atoms with Crippen molar-refractivity contribution in [2.45, 2.75) is 25.9 Å². The first kappa shape index (κ1) is 20.5. The van der Waals surface area contributed by atoms with Gasteiger partial charge in [-0.3, -0.25) is 4.79 Å². The minimum absolute atomic E-state index is 0.0530. The predicted octanol–water partition coefficient (Wildman–Crippen LogP) is 4.88. The van der Waals surface area contributed by atoms with Gasteiger partial charge in [0.05, 0.1) is 25.3 Å². The molecule has 2 aromatic carbocycles. The molecule has 0 radical (unpaired) electrons. The van der Waals surface area contributed by atoms with Crippen LogP contribution in [-0.4, -0.2) is 32.2 Å². The molecule has 0 saturated heterocycles. The monoisotopic (exact) mass is 394 g/mol. The van der Waals surface area contributed by atoms with Gasteiger partial charge in [0.2, 0.25) is 0 Å². The molecule has 3 rings (SSSR count). The Labute approximate surface area is 171 Å². The van der Waals surface area contributed by atoms with E-state index in [4.69, 9.17) is 18.9 Å². The van der Waals surface area contributed by atoms with Gasteiger partial charge in [0.1, 0.15) is 23.7 Å². The van der Waals surface area contributed by atoms with Crippen molar-refractivity contribution in [3.05, 3.63) is 65.8 Å². The molecule has 1 aliphatic heterocycles. The quantitative estimate of drug-likeness (QED) is 0.472. The third kappa shape index (κ3) is 4.45. The van der Waals surface area contributed by atoms with Gasteiger partial charge < -0.3 is 18.9 Å². The van der Waals surface area contributed by atoms with E-state index in [2.05, 4.69) is 6.58 Å². The standard InChI is InChI=1S/C24H26O5/c1-6-13-28-22-15-16(7-9-21(22)26-4)14-19(25)17-8-10-20-18(23(17)27-5)11-12-24(2,3)29-20/h6-12,15H,1,13-14H2,2-5H3. The second kappa shape index (κ2) is 8.43. The smallest absolute Gasteiger partial charge is 0.170 e. The van der Waals surface area contributed by atoms with Crippen LogP contribution in [-0.2, 0) is 6.42 Å². The Kier molecular flexibility index (Phi) is 5.97. The van der Waals surface area contributed by atoms with Gasteiger partial charge in [-0.1, -0.05) is 18.7 Å². The molecule has 0 unspecified atom stereocenters. The van der Waals surface area contributed by atoms with Crippen LogP contribution < -0.4 is 18.9 Å². The summed E-state index contributed by atoms with van der Waals surface area (Å²) < 4.78 is 22.5. The highest BCUT2D eigenvalue weighted by molar-refractivity contribution is 6.01. The zero-order chi connectivity index (χ0) is 21.0. The fourth-order valence-electron chi connectivity index (χ4n) is 3.24. The number of methoxy groups -OCH3 is 2. The van der Waals surface area contributed by atoms with E-state index in [9.17, 15) is 4.79 Å². The van der Waals surface area contributed by atoms with Gasteiger partial charge in [0.25, 0.3) is 0 Å². The lowest BCUT2D eigenvalue weighted by molar-refractivity contribution is 0.0989. The summed E-state index contributed by atoms with van der Waals surface area (Å²) in [6.07, 6.45) is 5.77. The van der Waals surface area contributed by atoms with Crippen molar-refractivity contribution in [2.75, 3.05) is 20.8 Å². The molecule has 5 nitrogen and oxygen atoms in total. The van der Waals surface area contributed by atoms with Crippen molar-refractivity contribution in [1.29, 1.82) is 0 Å². The van der Waals surface area contributed by atoms with Crippen molar-refractivity contribution in [1.82, 2.24) is 0 Å². The summed E-state index contributed by atoms with van der Waals surface area (Å²) in [5.41, 5.74) is 1.72. The topological polar surface area (TPSA) is 54.0 Å². The highest BCUT2D eigenvalue weighted by Gasteiger charge is 2.26. The maximum atomic E-state index is 13.1. The van der Waals surface area contributed by atoms with Gasteiger partial charge in [-0.05, 0) is 55.8 Å². The number of hydrogen-bond donors (Lipinski definition) is 0. The summed E-state index contributed by atoms with van der Waals surface area (Å²) in [5, 5.41) is 0. The van der Waals surface area contributed by atoms with E-state index in [0.29, 0.717) is 35.2 Å². The lowest BCUT2D eigenvalue weighted by Crippen LogP contribution is -2.27. The van der Waals surface area contributed by atoms with E-state index in [1.807, 2.05) is 44.2 Å².